The van der Waals surface area contributed by atoms with E-state index in [2.05, 4.69) is 15.5 Å². The third kappa shape index (κ3) is 4.54. The fraction of sp³-hybridized carbons (Fsp3) is 0.286. The van der Waals surface area contributed by atoms with Gasteiger partial charge in [0.2, 0.25) is 5.91 Å². The van der Waals surface area contributed by atoms with Crippen LogP contribution in [-0.2, 0) is 4.79 Å². The first-order chi connectivity index (χ1) is 13.5. The normalized spacial score (nSPS) is 11.9. The van der Waals surface area contributed by atoms with Crippen molar-refractivity contribution in [2.75, 3.05) is 11.9 Å². The lowest BCUT2D eigenvalue weighted by Crippen LogP contribution is -2.23. The molecule has 1 amide bonds. The monoisotopic (exact) mass is 397 g/mol. The Hall–Kier alpha value is -2.80. The Kier molecular flexibility index (Phi) is 6.36. The lowest BCUT2D eigenvalue weighted by Gasteiger charge is -2.14. The molecule has 0 radical (unpaired) electrons. The molecule has 0 saturated heterocycles. The van der Waals surface area contributed by atoms with Crippen molar-refractivity contribution in [1.82, 2.24) is 10.2 Å². The van der Waals surface area contributed by atoms with Gasteiger partial charge >= 0.3 is 0 Å². The zero-order valence-electron chi connectivity index (χ0n) is 16.4. The van der Waals surface area contributed by atoms with Crippen LogP contribution in [-0.4, -0.2) is 28.0 Å². The minimum atomic E-state index is -0.394. The van der Waals surface area contributed by atoms with Gasteiger partial charge in [-0.15, -0.1) is 10.2 Å². The highest BCUT2D eigenvalue weighted by molar-refractivity contribution is 8.00. The largest absolute Gasteiger partial charge is 0.493 e. The second-order valence-electron chi connectivity index (χ2n) is 6.32. The summed E-state index contributed by atoms with van der Waals surface area (Å²) in [6, 6.07) is 13.4. The van der Waals surface area contributed by atoms with Crippen LogP contribution in [0.4, 0.5) is 5.69 Å². The van der Waals surface area contributed by atoms with Gasteiger partial charge < -0.3 is 14.5 Å². The molecule has 1 heterocycles. The Morgan fingerprint density at radius 3 is 2.57 bits per heavy atom. The first-order valence-electron chi connectivity index (χ1n) is 9.09. The van der Waals surface area contributed by atoms with Crippen molar-refractivity contribution in [3.8, 4) is 17.2 Å². The molecule has 2 aromatic carbocycles. The highest BCUT2D eigenvalue weighted by Crippen LogP contribution is 2.32. The topological polar surface area (TPSA) is 77.2 Å². The van der Waals surface area contributed by atoms with E-state index >= 15 is 0 Å². The summed E-state index contributed by atoms with van der Waals surface area (Å²) >= 11 is 1.22. The van der Waals surface area contributed by atoms with Gasteiger partial charge in [0, 0.05) is 5.69 Å². The number of hydrogen-bond donors (Lipinski definition) is 1. The van der Waals surface area contributed by atoms with E-state index < -0.39 is 5.25 Å². The Labute approximate surface area is 168 Å². The van der Waals surface area contributed by atoms with Crippen molar-refractivity contribution in [3.63, 3.8) is 0 Å². The Bertz CT molecular complexity index is 951. The Balaban J connectivity index is 1.70. The van der Waals surface area contributed by atoms with Crippen molar-refractivity contribution >= 4 is 23.4 Å². The second kappa shape index (κ2) is 8.93. The molecule has 0 aliphatic carbocycles. The predicted molar refractivity (Wildman–Crippen MR) is 111 cm³/mol. The molecule has 0 saturated carbocycles. The molecule has 0 aliphatic heterocycles. The minimum absolute atomic E-state index is 0.114. The van der Waals surface area contributed by atoms with Gasteiger partial charge in [-0.2, -0.15) is 0 Å². The van der Waals surface area contributed by atoms with Gasteiger partial charge in [0.25, 0.3) is 11.1 Å². The van der Waals surface area contributed by atoms with Crippen LogP contribution in [0.15, 0.2) is 52.1 Å². The first kappa shape index (κ1) is 19.9. The van der Waals surface area contributed by atoms with E-state index in [1.54, 1.807) is 0 Å². The van der Waals surface area contributed by atoms with Crippen LogP contribution in [0.1, 0.15) is 25.0 Å². The van der Waals surface area contributed by atoms with E-state index in [0.717, 1.165) is 22.4 Å². The highest BCUT2D eigenvalue weighted by Gasteiger charge is 2.21. The van der Waals surface area contributed by atoms with E-state index in [1.807, 2.05) is 70.2 Å². The summed E-state index contributed by atoms with van der Waals surface area (Å²) in [7, 11) is 0. The number of para-hydroxylation sites is 2. The van der Waals surface area contributed by atoms with Crippen molar-refractivity contribution in [2.24, 2.45) is 0 Å². The molecule has 0 aliphatic rings. The number of benzene rings is 2. The van der Waals surface area contributed by atoms with E-state index in [1.165, 1.54) is 11.8 Å². The predicted octanol–water partition coefficient (Wildman–Crippen LogP) is 4.87. The van der Waals surface area contributed by atoms with Gasteiger partial charge in [-0.1, -0.05) is 42.1 Å². The molecule has 3 rings (SSSR count). The highest BCUT2D eigenvalue weighted by atomic mass is 32.2. The molecule has 28 heavy (non-hydrogen) atoms. The molecule has 0 fully saturated rings. The number of carbonyl (C=O) groups is 1. The average Bonchev–Trinajstić information content (AvgIpc) is 3.13. The van der Waals surface area contributed by atoms with Crippen LogP contribution in [0.25, 0.3) is 11.5 Å². The van der Waals surface area contributed by atoms with Crippen molar-refractivity contribution in [1.29, 1.82) is 0 Å². The molecule has 0 spiro atoms. The smallest absolute Gasteiger partial charge is 0.277 e. The summed E-state index contributed by atoms with van der Waals surface area (Å²) in [6.07, 6.45) is 0. The number of aryl methyl sites for hydroxylation is 2. The van der Waals surface area contributed by atoms with Gasteiger partial charge in [0.1, 0.15) is 5.75 Å². The number of anilines is 1. The number of rotatable bonds is 7. The van der Waals surface area contributed by atoms with Crippen LogP contribution in [0.3, 0.4) is 0 Å². The summed E-state index contributed by atoms with van der Waals surface area (Å²) in [5.74, 6) is 0.941. The van der Waals surface area contributed by atoms with Crippen LogP contribution in [0, 0.1) is 13.8 Å². The lowest BCUT2D eigenvalue weighted by molar-refractivity contribution is -0.115. The Morgan fingerprint density at radius 1 is 1.14 bits per heavy atom. The molecule has 0 bridgehead atoms. The van der Waals surface area contributed by atoms with E-state index in [9.17, 15) is 4.79 Å². The third-order valence-electron chi connectivity index (χ3n) is 4.20. The molecular formula is C21H23N3O3S. The first-order valence-corrected chi connectivity index (χ1v) is 9.97. The third-order valence-corrected chi connectivity index (χ3v) is 5.13. The molecule has 7 heteroatoms. The van der Waals surface area contributed by atoms with Gasteiger partial charge in [-0.05, 0) is 51.0 Å². The molecule has 146 valence electrons. The molecule has 1 unspecified atom stereocenters. The zero-order chi connectivity index (χ0) is 20.1. The van der Waals surface area contributed by atoms with Crippen molar-refractivity contribution in [3.05, 3.63) is 53.6 Å². The maximum Gasteiger partial charge on any atom is 0.277 e. The minimum Gasteiger partial charge on any atom is -0.493 e. The van der Waals surface area contributed by atoms with Crippen molar-refractivity contribution in [2.45, 2.75) is 38.2 Å². The number of thioether (sulfide) groups is 1. The fourth-order valence-corrected chi connectivity index (χ4v) is 3.42. The van der Waals surface area contributed by atoms with Gasteiger partial charge in [0.05, 0.1) is 17.4 Å². The van der Waals surface area contributed by atoms with Crippen LogP contribution >= 0.6 is 11.8 Å². The molecule has 6 nitrogen and oxygen atoms in total. The zero-order valence-corrected chi connectivity index (χ0v) is 17.2. The SMILES string of the molecule is CCOc1ccccc1-c1nnc(SC(C)C(=O)Nc2c(C)cccc2C)o1. The number of ether oxygens (including phenoxy) is 1. The number of hydrogen-bond acceptors (Lipinski definition) is 6. The van der Waals surface area contributed by atoms with Gasteiger partial charge in [0.15, 0.2) is 0 Å². The summed E-state index contributed by atoms with van der Waals surface area (Å²) in [5, 5.41) is 11.1. The van der Waals surface area contributed by atoms with E-state index in [0.29, 0.717) is 23.5 Å². The molecule has 1 N–H and O–H groups in total. The molecule has 3 aromatic rings. The second-order valence-corrected chi connectivity index (χ2v) is 7.61. The van der Waals surface area contributed by atoms with Crippen LogP contribution in [0.2, 0.25) is 0 Å². The maximum absolute atomic E-state index is 12.6. The number of carbonyl (C=O) groups excluding carboxylic acids is 1. The van der Waals surface area contributed by atoms with Gasteiger partial charge in [-0.25, -0.2) is 0 Å². The van der Waals surface area contributed by atoms with Crippen LogP contribution < -0.4 is 10.1 Å². The molecular weight excluding hydrogens is 374 g/mol. The lowest BCUT2D eigenvalue weighted by atomic mass is 10.1. The molecule has 1 atom stereocenters. The fourth-order valence-electron chi connectivity index (χ4n) is 2.73. The summed E-state index contributed by atoms with van der Waals surface area (Å²) in [4.78, 5) is 12.6. The maximum atomic E-state index is 12.6. The summed E-state index contributed by atoms with van der Waals surface area (Å²) in [5.41, 5.74) is 3.63. The van der Waals surface area contributed by atoms with E-state index in [4.69, 9.17) is 9.15 Å². The number of nitrogens with zero attached hydrogens (tertiary/aromatic N) is 2. The van der Waals surface area contributed by atoms with Gasteiger partial charge in [-0.3, -0.25) is 4.79 Å². The number of amides is 1. The summed E-state index contributed by atoms with van der Waals surface area (Å²) in [6.45, 7) is 8.22. The van der Waals surface area contributed by atoms with Crippen LogP contribution in [0.5, 0.6) is 5.75 Å². The Morgan fingerprint density at radius 2 is 1.86 bits per heavy atom. The molecule has 1 aromatic heterocycles. The standard InChI is InChI=1S/C21H23N3O3S/c1-5-26-17-12-7-6-11-16(17)20-23-24-21(27-20)28-15(4)19(25)22-18-13(2)9-8-10-14(18)3/h6-12,15H,5H2,1-4H3,(H,22,25). The number of aromatic nitrogens is 2. The van der Waals surface area contributed by atoms with E-state index in [-0.39, 0.29) is 5.91 Å². The van der Waals surface area contributed by atoms with Crippen molar-refractivity contribution < 1.29 is 13.9 Å². The summed E-state index contributed by atoms with van der Waals surface area (Å²) < 4.78 is 11.4. The average molecular weight is 398 g/mol. The number of nitrogens with one attached hydrogen (secondary N) is 1. The quantitative estimate of drug-likeness (QED) is 0.573.